The summed E-state index contributed by atoms with van der Waals surface area (Å²) in [5, 5.41) is 7.86. The lowest BCUT2D eigenvalue weighted by atomic mass is 9.88. The maximum absolute atomic E-state index is 14.1. The van der Waals surface area contributed by atoms with Crippen molar-refractivity contribution in [3.8, 4) is 0 Å². The van der Waals surface area contributed by atoms with Crippen LogP contribution >= 0.6 is 11.3 Å². The summed E-state index contributed by atoms with van der Waals surface area (Å²) >= 11 is 1.51. The molecule has 0 saturated heterocycles. The smallest absolute Gasteiger partial charge is 0.244 e. The third-order valence-corrected chi connectivity index (χ3v) is 6.79. The van der Waals surface area contributed by atoms with E-state index in [1.165, 1.54) is 11.3 Å². The molecule has 0 fully saturated rings. The molecule has 1 aromatic heterocycles. The van der Waals surface area contributed by atoms with Gasteiger partial charge in [-0.25, -0.2) is 8.78 Å². The molecule has 8 heteroatoms. The zero-order valence-corrected chi connectivity index (χ0v) is 18.4. The number of nitrogens with one attached hydrogen (secondary N) is 2. The number of benzene rings is 2. The van der Waals surface area contributed by atoms with Crippen LogP contribution in [0.1, 0.15) is 30.2 Å². The van der Waals surface area contributed by atoms with Crippen LogP contribution < -0.4 is 15.5 Å². The van der Waals surface area contributed by atoms with Crippen molar-refractivity contribution in [1.82, 2.24) is 0 Å². The minimum absolute atomic E-state index is 0.0524. The maximum Gasteiger partial charge on any atom is 0.244 e. The van der Waals surface area contributed by atoms with Gasteiger partial charge in [-0.15, -0.1) is 11.3 Å². The van der Waals surface area contributed by atoms with Crippen molar-refractivity contribution in [3.05, 3.63) is 87.8 Å². The van der Waals surface area contributed by atoms with Gasteiger partial charge in [-0.2, -0.15) is 0 Å². The van der Waals surface area contributed by atoms with E-state index in [0.717, 1.165) is 53.0 Å². The molecule has 33 heavy (non-hydrogen) atoms. The first-order valence-corrected chi connectivity index (χ1v) is 11.6. The predicted molar refractivity (Wildman–Crippen MR) is 125 cm³/mol. The van der Waals surface area contributed by atoms with Crippen molar-refractivity contribution in [2.24, 2.45) is 0 Å². The Kier molecular flexibility index (Phi) is 5.68. The Morgan fingerprint density at radius 3 is 2.79 bits per heavy atom. The van der Waals surface area contributed by atoms with Gasteiger partial charge in [0.25, 0.3) is 0 Å². The number of para-hydroxylation sites is 2. The van der Waals surface area contributed by atoms with Crippen LogP contribution in [0.25, 0.3) is 0 Å². The molecule has 0 spiro atoms. The Bertz CT molecular complexity index is 1260. The molecule has 2 aromatic carbocycles. The molecule has 168 valence electrons. The van der Waals surface area contributed by atoms with E-state index in [0.29, 0.717) is 12.0 Å². The minimum atomic E-state index is -0.718. The monoisotopic (exact) mass is 465 g/mol. The third kappa shape index (κ3) is 4.14. The number of thiophene rings is 1. The number of hydrogen-bond acceptors (Lipinski definition) is 5. The summed E-state index contributed by atoms with van der Waals surface area (Å²) in [7, 11) is 0. The summed E-state index contributed by atoms with van der Waals surface area (Å²) in [6.07, 6.45) is 1.96. The quantitative estimate of drug-likeness (QED) is 0.523. The largest absolute Gasteiger partial charge is 0.357 e. The van der Waals surface area contributed by atoms with Gasteiger partial charge in [-0.05, 0) is 48.6 Å². The highest BCUT2D eigenvalue weighted by molar-refractivity contribution is 7.10. The number of carbonyl (C=O) groups excluding carboxylic acids is 2. The van der Waals surface area contributed by atoms with Crippen molar-refractivity contribution < 1.29 is 18.4 Å². The molecule has 1 atom stereocenters. The van der Waals surface area contributed by atoms with Gasteiger partial charge in [0.1, 0.15) is 11.6 Å². The molecule has 2 heterocycles. The summed E-state index contributed by atoms with van der Waals surface area (Å²) in [5.74, 6) is -1.82. The lowest BCUT2D eigenvalue weighted by molar-refractivity contribution is -0.117. The van der Waals surface area contributed by atoms with E-state index in [2.05, 4.69) is 10.6 Å². The zero-order chi connectivity index (χ0) is 22.9. The summed E-state index contributed by atoms with van der Waals surface area (Å²) in [5.41, 5.74) is 2.86. The number of hydrogen-bond donors (Lipinski definition) is 2. The molecule has 3 aromatic rings. The summed E-state index contributed by atoms with van der Waals surface area (Å²) in [6, 6.07) is 13.9. The SMILES string of the molecule is O=C(CN1c2ccccc2NC2=C(C(=O)CCC2)[C@@H]1c1cccs1)Nc1cc(F)ccc1F. The molecule has 1 aliphatic carbocycles. The maximum atomic E-state index is 14.1. The molecule has 2 aliphatic rings. The van der Waals surface area contributed by atoms with Crippen molar-refractivity contribution in [3.63, 3.8) is 0 Å². The average Bonchev–Trinajstić information content (AvgIpc) is 3.28. The van der Waals surface area contributed by atoms with Crippen LogP contribution in [0.2, 0.25) is 0 Å². The fourth-order valence-corrected chi connectivity index (χ4v) is 5.30. The lowest BCUT2D eigenvalue weighted by Gasteiger charge is -2.34. The normalized spacial score (nSPS) is 17.7. The first kappa shape index (κ1) is 21.3. The molecule has 0 saturated carbocycles. The molecule has 5 rings (SSSR count). The van der Waals surface area contributed by atoms with Crippen LogP contribution in [-0.2, 0) is 9.59 Å². The Balaban J connectivity index is 1.58. The van der Waals surface area contributed by atoms with Crippen molar-refractivity contribution in [2.75, 3.05) is 22.1 Å². The topological polar surface area (TPSA) is 61.4 Å². The van der Waals surface area contributed by atoms with Gasteiger partial charge < -0.3 is 15.5 Å². The van der Waals surface area contributed by atoms with Crippen LogP contribution in [0.4, 0.5) is 25.8 Å². The van der Waals surface area contributed by atoms with Gasteiger partial charge in [0.05, 0.1) is 29.6 Å². The van der Waals surface area contributed by atoms with Crippen molar-refractivity contribution >= 4 is 40.1 Å². The number of amides is 1. The number of anilines is 3. The Morgan fingerprint density at radius 2 is 1.97 bits per heavy atom. The number of allylic oxidation sites excluding steroid dienone is 1. The first-order chi connectivity index (χ1) is 16.0. The summed E-state index contributed by atoms with van der Waals surface area (Å²) in [4.78, 5) is 29.0. The molecule has 1 amide bonds. The van der Waals surface area contributed by atoms with Gasteiger partial charge in [0.15, 0.2) is 5.78 Å². The van der Waals surface area contributed by atoms with E-state index in [4.69, 9.17) is 0 Å². The fraction of sp³-hybridized carbons (Fsp3) is 0.200. The molecule has 5 nitrogen and oxygen atoms in total. The van der Waals surface area contributed by atoms with E-state index >= 15 is 0 Å². The van der Waals surface area contributed by atoms with Gasteiger partial charge in [-0.3, -0.25) is 9.59 Å². The number of nitrogens with zero attached hydrogens (tertiary/aromatic N) is 1. The lowest BCUT2D eigenvalue weighted by Crippen LogP contribution is -2.38. The number of halogens is 2. The molecule has 0 radical (unpaired) electrons. The fourth-order valence-electron chi connectivity index (χ4n) is 4.45. The molecular formula is C25H21F2N3O2S. The van der Waals surface area contributed by atoms with E-state index in [-0.39, 0.29) is 18.0 Å². The Morgan fingerprint density at radius 1 is 1.12 bits per heavy atom. The summed E-state index contributed by atoms with van der Waals surface area (Å²) in [6.45, 7) is -0.152. The van der Waals surface area contributed by atoms with Crippen LogP contribution in [-0.4, -0.2) is 18.2 Å². The minimum Gasteiger partial charge on any atom is -0.357 e. The average molecular weight is 466 g/mol. The Hall–Kier alpha value is -3.52. The predicted octanol–water partition coefficient (Wildman–Crippen LogP) is 5.65. The molecule has 1 aliphatic heterocycles. The standard InChI is InChI=1S/C25H21F2N3O2S/c26-15-10-11-16(27)19(13-15)29-23(32)14-30-20-7-2-1-5-17(20)28-18-6-3-8-21(31)24(18)25(30)22-9-4-12-33-22/h1-2,4-5,7,9-13,25,28H,3,6,8,14H2,(H,29,32)/t25-/m0/s1. The highest BCUT2D eigenvalue weighted by atomic mass is 32.1. The van der Waals surface area contributed by atoms with Crippen LogP contribution in [0.15, 0.2) is 71.2 Å². The molecular weight excluding hydrogens is 444 g/mol. The Labute approximate surface area is 193 Å². The van der Waals surface area contributed by atoms with Crippen LogP contribution in [0, 0.1) is 11.6 Å². The zero-order valence-electron chi connectivity index (χ0n) is 17.6. The van der Waals surface area contributed by atoms with Crippen molar-refractivity contribution in [1.29, 1.82) is 0 Å². The molecule has 2 N–H and O–H groups in total. The summed E-state index contributed by atoms with van der Waals surface area (Å²) < 4.78 is 27.7. The third-order valence-electron chi connectivity index (χ3n) is 5.87. The van der Waals surface area contributed by atoms with Gasteiger partial charge in [0.2, 0.25) is 5.91 Å². The van der Waals surface area contributed by atoms with E-state index < -0.39 is 23.6 Å². The number of fused-ring (bicyclic) bond motifs is 1. The highest BCUT2D eigenvalue weighted by Gasteiger charge is 2.37. The molecule has 0 unspecified atom stereocenters. The molecule has 0 bridgehead atoms. The van der Waals surface area contributed by atoms with Gasteiger partial charge in [-0.1, -0.05) is 18.2 Å². The van der Waals surface area contributed by atoms with Gasteiger partial charge >= 0.3 is 0 Å². The second-order valence-corrected chi connectivity index (χ2v) is 9.01. The van der Waals surface area contributed by atoms with Crippen LogP contribution in [0.5, 0.6) is 0 Å². The highest BCUT2D eigenvalue weighted by Crippen LogP contribution is 2.45. The second kappa shape index (κ2) is 8.78. The number of ketones is 1. The van der Waals surface area contributed by atoms with Crippen LogP contribution in [0.3, 0.4) is 0 Å². The van der Waals surface area contributed by atoms with E-state index in [9.17, 15) is 18.4 Å². The second-order valence-electron chi connectivity index (χ2n) is 8.03. The van der Waals surface area contributed by atoms with E-state index in [1.54, 1.807) is 0 Å². The number of carbonyl (C=O) groups is 2. The number of Topliss-reactive ketones (excluding diaryl/α,β-unsaturated/α-hetero) is 1. The first-order valence-electron chi connectivity index (χ1n) is 10.7. The van der Waals surface area contributed by atoms with Crippen molar-refractivity contribution in [2.45, 2.75) is 25.3 Å². The number of rotatable bonds is 4. The van der Waals surface area contributed by atoms with E-state index in [1.807, 2.05) is 46.7 Å². The van der Waals surface area contributed by atoms with Gasteiger partial charge in [0, 0.05) is 28.6 Å².